The Labute approximate surface area is 215 Å². The van der Waals surface area contributed by atoms with Gasteiger partial charge in [-0.1, -0.05) is 41.2 Å². The van der Waals surface area contributed by atoms with E-state index in [0.29, 0.717) is 22.3 Å². The first kappa shape index (κ1) is 25.3. The molecule has 0 aliphatic carbocycles. The van der Waals surface area contributed by atoms with E-state index in [9.17, 15) is 4.79 Å². The molecule has 9 nitrogen and oxygen atoms in total. The molecule has 4 rings (SSSR count). The summed E-state index contributed by atoms with van der Waals surface area (Å²) in [6.45, 7) is 8.49. The normalized spacial score (nSPS) is 11.4. The van der Waals surface area contributed by atoms with Crippen molar-refractivity contribution in [2.24, 2.45) is 0 Å². The van der Waals surface area contributed by atoms with Crippen LogP contribution < -0.4 is 25.0 Å². The number of rotatable bonds is 8. The minimum Gasteiger partial charge on any atom is -0.493 e. The van der Waals surface area contributed by atoms with E-state index >= 15 is 0 Å². The van der Waals surface area contributed by atoms with Crippen molar-refractivity contribution in [2.75, 3.05) is 43.3 Å². The lowest BCUT2D eigenvalue weighted by Crippen LogP contribution is -2.30. The Hall–Kier alpha value is -3.79. The average Bonchev–Trinajstić information content (AvgIpc) is 3.38. The highest BCUT2D eigenvalue weighted by molar-refractivity contribution is 7.20. The Kier molecular flexibility index (Phi) is 7.07. The molecule has 1 amide bonds. The van der Waals surface area contributed by atoms with Crippen LogP contribution in [-0.2, 0) is 4.79 Å². The smallest absolute Gasteiger partial charge is 0.243 e. The first-order valence-electron chi connectivity index (χ1n) is 11.6. The highest BCUT2D eigenvalue weighted by Gasteiger charge is 2.23. The van der Waals surface area contributed by atoms with Gasteiger partial charge in [0.2, 0.25) is 16.0 Å². The van der Waals surface area contributed by atoms with E-state index in [1.54, 1.807) is 32.4 Å². The summed E-state index contributed by atoms with van der Waals surface area (Å²) in [5.41, 5.74) is 3.50. The van der Waals surface area contributed by atoms with Gasteiger partial charge in [0.15, 0.2) is 17.3 Å². The number of likely N-dealkylation sites (N-methyl/N-ethyl adjacent to an activating group) is 1. The zero-order chi connectivity index (χ0) is 26.0. The fourth-order valence-corrected chi connectivity index (χ4v) is 4.53. The summed E-state index contributed by atoms with van der Waals surface area (Å²) in [7, 11) is 4.97. The number of fused-ring (bicyclic) bond motifs is 1. The van der Waals surface area contributed by atoms with Crippen LogP contribution in [0.15, 0.2) is 42.5 Å². The second-order valence-electron chi connectivity index (χ2n) is 9.60. The minimum atomic E-state index is -0.190. The summed E-state index contributed by atoms with van der Waals surface area (Å²) in [5.74, 6) is 1.80. The fourth-order valence-electron chi connectivity index (χ4n) is 3.67. The van der Waals surface area contributed by atoms with Crippen molar-refractivity contribution in [3.63, 3.8) is 0 Å². The number of nitrogens with one attached hydrogen (secondary N) is 2. The van der Waals surface area contributed by atoms with Gasteiger partial charge < -0.3 is 25.0 Å². The number of methoxy groups -OCH3 is 2. The predicted molar refractivity (Wildman–Crippen MR) is 146 cm³/mol. The molecule has 4 aromatic rings. The van der Waals surface area contributed by atoms with Gasteiger partial charge in [-0.15, -0.1) is 5.10 Å². The quantitative estimate of drug-likeness (QED) is 0.343. The summed E-state index contributed by atoms with van der Waals surface area (Å²) in [6.07, 6.45) is 0. The second-order valence-corrected chi connectivity index (χ2v) is 10.5. The van der Waals surface area contributed by atoms with E-state index in [-0.39, 0.29) is 18.0 Å². The molecule has 0 unspecified atom stereocenters. The summed E-state index contributed by atoms with van der Waals surface area (Å²) in [5, 5.41) is 11.9. The molecule has 10 heteroatoms. The highest BCUT2D eigenvalue weighted by atomic mass is 32.1. The van der Waals surface area contributed by atoms with Crippen LogP contribution in [0.3, 0.4) is 0 Å². The summed E-state index contributed by atoms with van der Waals surface area (Å²) in [6, 6.07) is 13.5. The lowest BCUT2D eigenvalue weighted by atomic mass is 10.1. The number of ether oxygens (including phenoxy) is 2. The van der Waals surface area contributed by atoms with Crippen LogP contribution in [0.1, 0.15) is 26.3 Å². The number of amides is 1. The first-order chi connectivity index (χ1) is 17.1. The molecule has 2 aromatic carbocycles. The topological polar surface area (TPSA) is 93.0 Å². The Bertz CT molecular complexity index is 1370. The molecule has 2 aromatic heterocycles. The predicted octanol–water partition coefficient (Wildman–Crippen LogP) is 5.07. The maximum Gasteiger partial charge on any atom is 0.243 e. The lowest BCUT2D eigenvalue weighted by Gasteiger charge is -2.22. The van der Waals surface area contributed by atoms with E-state index in [4.69, 9.17) is 19.6 Å². The molecule has 0 aliphatic rings. The molecule has 2 heterocycles. The molecule has 0 fully saturated rings. The van der Waals surface area contributed by atoms with Crippen molar-refractivity contribution in [3.05, 3.63) is 48.0 Å². The van der Waals surface area contributed by atoms with E-state index in [2.05, 4.69) is 62.6 Å². The number of carbonyl (C=O) groups excluding carboxylic acids is 1. The highest BCUT2D eigenvalue weighted by Crippen LogP contribution is 2.35. The number of hydrogen-bond donors (Lipinski definition) is 2. The van der Waals surface area contributed by atoms with Crippen molar-refractivity contribution in [1.29, 1.82) is 0 Å². The van der Waals surface area contributed by atoms with E-state index in [1.165, 1.54) is 16.9 Å². The molecule has 2 N–H and O–H groups in total. The zero-order valence-corrected chi connectivity index (χ0v) is 22.5. The van der Waals surface area contributed by atoms with Gasteiger partial charge in [-0.2, -0.15) is 4.52 Å². The molecule has 0 radical (unpaired) electrons. The third-order valence-corrected chi connectivity index (χ3v) is 6.41. The first-order valence-corrected chi connectivity index (χ1v) is 12.4. The average molecular weight is 509 g/mol. The monoisotopic (exact) mass is 508 g/mol. The molecule has 0 saturated heterocycles. The van der Waals surface area contributed by atoms with Gasteiger partial charge in [0.1, 0.15) is 5.69 Å². The van der Waals surface area contributed by atoms with Crippen LogP contribution in [0.5, 0.6) is 11.5 Å². The number of benzene rings is 2. The van der Waals surface area contributed by atoms with Crippen LogP contribution in [0.2, 0.25) is 0 Å². The van der Waals surface area contributed by atoms with Crippen molar-refractivity contribution < 1.29 is 14.3 Å². The molecular weight excluding hydrogens is 476 g/mol. The van der Waals surface area contributed by atoms with E-state index in [0.717, 1.165) is 22.0 Å². The third-order valence-electron chi connectivity index (χ3n) is 5.39. The Balaban J connectivity index is 1.56. The Morgan fingerprint density at radius 1 is 1.08 bits per heavy atom. The Morgan fingerprint density at radius 3 is 2.42 bits per heavy atom. The molecular formula is C26H32N6O3S. The molecule has 0 atom stereocenters. The summed E-state index contributed by atoms with van der Waals surface area (Å²) in [4.78, 5) is 20.2. The van der Waals surface area contributed by atoms with Crippen molar-refractivity contribution in [3.8, 4) is 22.8 Å². The minimum absolute atomic E-state index is 0.123. The second kappa shape index (κ2) is 10.1. The molecule has 0 aliphatic heterocycles. The lowest BCUT2D eigenvalue weighted by molar-refractivity contribution is -0.114. The maximum atomic E-state index is 12.7. The summed E-state index contributed by atoms with van der Waals surface area (Å²) < 4.78 is 12.4. The number of imidazole rings is 1. The van der Waals surface area contributed by atoms with Crippen molar-refractivity contribution >= 4 is 38.8 Å². The summed E-state index contributed by atoms with van der Waals surface area (Å²) >= 11 is 1.43. The van der Waals surface area contributed by atoms with Crippen LogP contribution in [0.25, 0.3) is 16.2 Å². The van der Waals surface area contributed by atoms with Crippen LogP contribution >= 0.6 is 11.3 Å². The number of aromatic nitrogens is 3. The van der Waals surface area contributed by atoms with Gasteiger partial charge >= 0.3 is 0 Å². The SMILES string of the molecule is COc1ccc(NC(=O)CN(C)c2nn3c(NC(C)(C)C)c(-c4ccc(C)cc4)nc3s2)cc1OC. The van der Waals surface area contributed by atoms with Gasteiger partial charge in [-0.25, -0.2) is 4.98 Å². The van der Waals surface area contributed by atoms with E-state index < -0.39 is 0 Å². The van der Waals surface area contributed by atoms with Gasteiger partial charge in [0, 0.05) is 29.9 Å². The van der Waals surface area contributed by atoms with Gasteiger partial charge in [0.05, 0.1) is 20.8 Å². The number of aryl methyl sites for hydroxylation is 1. The van der Waals surface area contributed by atoms with Gasteiger partial charge in [0.25, 0.3) is 0 Å². The number of hydrogen-bond acceptors (Lipinski definition) is 8. The molecule has 0 bridgehead atoms. The number of anilines is 3. The third kappa shape index (κ3) is 5.54. The van der Waals surface area contributed by atoms with Gasteiger partial charge in [-0.05, 0) is 39.8 Å². The van der Waals surface area contributed by atoms with Crippen molar-refractivity contribution in [2.45, 2.75) is 33.2 Å². The van der Waals surface area contributed by atoms with Crippen LogP contribution in [-0.4, -0.2) is 53.9 Å². The maximum absolute atomic E-state index is 12.7. The standard InChI is InChI=1S/C26H32N6O3S/c1-16-8-10-17(11-9-16)22-23(29-26(2,3)4)32-24(28-22)36-25(30-32)31(5)15-21(33)27-18-12-13-19(34-6)20(14-18)35-7/h8-14,29H,15H2,1-7H3,(H,27,33). The number of carbonyl (C=O) groups is 1. The van der Waals surface area contributed by atoms with E-state index in [1.807, 2.05) is 16.5 Å². The van der Waals surface area contributed by atoms with Crippen LogP contribution in [0, 0.1) is 6.92 Å². The van der Waals surface area contributed by atoms with Crippen molar-refractivity contribution in [1.82, 2.24) is 14.6 Å². The fraction of sp³-hybridized carbons (Fsp3) is 0.346. The van der Waals surface area contributed by atoms with Gasteiger partial charge in [-0.3, -0.25) is 4.79 Å². The van der Waals surface area contributed by atoms with Crippen LogP contribution in [0.4, 0.5) is 16.6 Å². The largest absolute Gasteiger partial charge is 0.493 e. The molecule has 190 valence electrons. The molecule has 0 spiro atoms. The molecule has 0 saturated carbocycles. The molecule has 36 heavy (non-hydrogen) atoms. The Morgan fingerprint density at radius 2 is 1.78 bits per heavy atom. The zero-order valence-electron chi connectivity index (χ0n) is 21.7. The number of nitrogens with zero attached hydrogens (tertiary/aromatic N) is 4.